The summed E-state index contributed by atoms with van der Waals surface area (Å²) in [4.78, 5) is 28.0. The number of carbonyl (C=O) groups is 2. The smallest absolute Gasteiger partial charge is 0.316 e. The third-order valence-corrected chi connectivity index (χ3v) is 4.55. The second-order valence-corrected chi connectivity index (χ2v) is 8.10. The van der Waals surface area contributed by atoms with Crippen molar-refractivity contribution in [1.29, 1.82) is 0 Å². The minimum absolute atomic E-state index is 0.0457. The first kappa shape index (κ1) is 22.9. The van der Waals surface area contributed by atoms with Crippen LogP contribution in [0.15, 0.2) is 53.1 Å². The zero-order valence-corrected chi connectivity index (χ0v) is 18.1. The largest absolute Gasteiger partial charge is 0.484 e. The molecule has 3 rings (SSSR count). The van der Waals surface area contributed by atoms with Gasteiger partial charge in [0.1, 0.15) is 11.6 Å². The van der Waals surface area contributed by atoms with E-state index >= 15 is 0 Å². The molecule has 8 nitrogen and oxygen atoms in total. The first-order valence-electron chi connectivity index (χ1n) is 10.1. The lowest BCUT2D eigenvalue weighted by Crippen LogP contribution is -2.36. The molecule has 2 amide bonds. The maximum absolute atomic E-state index is 13.0. The monoisotopic (exact) mass is 440 g/mol. The molecule has 0 fully saturated rings. The van der Waals surface area contributed by atoms with Crippen molar-refractivity contribution in [2.24, 2.45) is 0 Å². The van der Waals surface area contributed by atoms with Crippen molar-refractivity contribution >= 4 is 11.8 Å². The Balaban J connectivity index is 1.37. The van der Waals surface area contributed by atoms with Gasteiger partial charge in [-0.1, -0.05) is 38.1 Å². The van der Waals surface area contributed by atoms with Gasteiger partial charge in [-0.2, -0.15) is 4.98 Å². The van der Waals surface area contributed by atoms with Crippen molar-refractivity contribution in [3.8, 4) is 17.1 Å². The highest BCUT2D eigenvalue weighted by Crippen LogP contribution is 2.24. The first-order chi connectivity index (χ1) is 15.2. The van der Waals surface area contributed by atoms with Gasteiger partial charge in [0.15, 0.2) is 6.61 Å². The van der Waals surface area contributed by atoms with E-state index in [1.54, 1.807) is 0 Å². The second-order valence-electron chi connectivity index (χ2n) is 8.10. The SMILES string of the molecule is CC(C)(C)c1ccc(OCC(=O)NCCNC(=O)c2nc(-c3ccc(F)cc3)no2)cc1. The molecule has 9 heteroatoms. The standard InChI is InChI=1S/C23H25FN4O4/c1-23(2,3)16-6-10-18(11-7-16)31-14-19(29)25-12-13-26-21(30)22-27-20(28-32-22)15-4-8-17(24)9-5-15/h4-11H,12-14H2,1-3H3,(H,25,29)(H,26,30). The topological polar surface area (TPSA) is 106 Å². The fourth-order valence-corrected chi connectivity index (χ4v) is 2.74. The zero-order chi connectivity index (χ0) is 23.1. The van der Waals surface area contributed by atoms with E-state index in [4.69, 9.17) is 9.26 Å². The van der Waals surface area contributed by atoms with Gasteiger partial charge < -0.3 is 19.9 Å². The highest BCUT2D eigenvalue weighted by Gasteiger charge is 2.16. The Kier molecular flexibility index (Phi) is 7.19. The number of hydrogen-bond acceptors (Lipinski definition) is 6. The molecule has 0 aliphatic heterocycles. The lowest BCUT2D eigenvalue weighted by molar-refractivity contribution is -0.123. The quantitative estimate of drug-likeness (QED) is 0.522. The number of nitrogens with one attached hydrogen (secondary N) is 2. The van der Waals surface area contributed by atoms with Crippen LogP contribution < -0.4 is 15.4 Å². The molecule has 0 saturated heterocycles. The first-order valence-corrected chi connectivity index (χ1v) is 10.1. The number of amides is 2. The van der Waals surface area contributed by atoms with E-state index in [2.05, 4.69) is 41.5 Å². The lowest BCUT2D eigenvalue weighted by Gasteiger charge is -2.19. The van der Waals surface area contributed by atoms with Crippen molar-refractivity contribution in [2.75, 3.05) is 19.7 Å². The van der Waals surface area contributed by atoms with E-state index < -0.39 is 5.91 Å². The van der Waals surface area contributed by atoms with Crippen LogP contribution in [0.2, 0.25) is 0 Å². The Morgan fingerprint density at radius 1 is 1.00 bits per heavy atom. The predicted molar refractivity (Wildman–Crippen MR) is 116 cm³/mol. The summed E-state index contributed by atoms with van der Waals surface area (Å²) in [6.45, 7) is 6.61. The predicted octanol–water partition coefficient (Wildman–Crippen LogP) is 3.10. The molecule has 0 aliphatic carbocycles. The minimum atomic E-state index is -0.574. The summed E-state index contributed by atoms with van der Waals surface area (Å²) in [6.07, 6.45) is 0. The van der Waals surface area contributed by atoms with Crippen LogP contribution in [0.4, 0.5) is 4.39 Å². The van der Waals surface area contributed by atoms with Crippen LogP contribution in [0.5, 0.6) is 5.75 Å². The Morgan fingerprint density at radius 3 is 2.31 bits per heavy atom. The van der Waals surface area contributed by atoms with Gasteiger partial charge in [-0.05, 0) is 47.4 Å². The Bertz CT molecular complexity index is 1060. The van der Waals surface area contributed by atoms with Crippen LogP contribution >= 0.6 is 0 Å². The molecule has 3 aromatic rings. The summed E-state index contributed by atoms with van der Waals surface area (Å²) in [7, 11) is 0. The van der Waals surface area contributed by atoms with Crippen LogP contribution in [0.1, 0.15) is 37.0 Å². The van der Waals surface area contributed by atoms with Gasteiger partial charge in [0.2, 0.25) is 5.82 Å². The average Bonchev–Trinajstić information content (AvgIpc) is 3.26. The van der Waals surface area contributed by atoms with Crippen molar-refractivity contribution in [3.05, 3.63) is 65.8 Å². The molecule has 1 aromatic heterocycles. The van der Waals surface area contributed by atoms with E-state index in [-0.39, 0.29) is 48.6 Å². The highest BCUT2D eigenvalue weighted by atomic mass is 19.1. The Hall–Kier alpha value is -3.75. The van der Waals surface area contributed by atoms with E-state index in [1.165, 1.54) is 29.8 Å². The highest BCUT2D eigenvalue weighted by molar-refractivity contribution is 5.89. The number of rotatable bonds is 8. The molecule has 0 radical (unpaired) electrons. The number of nitrogens with zero attached hydrogens (tertiary/aromatic N) is 2. The van der Waals surface area contributed by atoms with Crippen LogP contribution in [-0.2, 0) is 10.2 Å². The van der Waals surface area contributed by atoms with Gasteiger partial charge in [-0.15, -0.1) is 0 Å². The summed E-state index contributed by atoms with van der Waals surface area (Å²) >= 11 is 0. The minimum Gasteiger partial charge on any atom is -0.484 e. The molecular formula is C23H25FN4O4. The van der Waals surface area contributed by atoms with E-state index in [9.17, 15) is 14.0 Å². The summed E-state index contributed by atoms with van der Waals surface area (Å²) in [5.74, 6) is -0.712. The molecule has 0 bridgehead atoms. The van der Waals surface area contributed by atoms with Crippen molar-refractivity contribution in [1.82, 2.24) is 20.8 Å². The van der Waals surface area contributed by atoms with Gasteiger partial charge in [-0.3, -0.25) is 9.59 Å². The molecule has 0 saturated carbocycles. The molecule has 0 spiro atoms. The van der Waals surface area contributed by atoms with Gasteiger partial charge in [0.25, 0.3) is 5.91 Å². The van der Waals surface area contributed by atoms with Crippen molar-refractivity contribution in [3.63, 3.8) is 0 Å². The normalized spacial score (nSPS) is 11.1. The van der Waals surface area contributed by atoms with E-state index in [0.29, 0.717) is 11.3 Å². The van der Waals surface area contributed by atoms with Gasteiger partial charge in [0, 0.05) is 18.7 Å². The molecule has 0 aliphatic rings. The van der Waals surface area contributed by atoms with Crippen molar-refractivity contribution < 1.29 is 23.2 Å². The van der Waals surface area contributed by atoms with Crippen LogP contribution in [0, 0.1) is 5.82 Å². The molecule has 0 atom stereocenters. The van der Waals surface area contributed by atoms with Crippen molar-refractivity contribution in [2.45, 2.75) is 26.2 Å². The number of carbonyl (C=O) groups excluding carboxylic acids is 2. The number of hydrogen-bond donors (Lipinski definition) is 2. The summed E-state index contributed by atoms with van der Waals surface area (Å²) in [5, 5.41) is 8.93. The van der Waals surface area contributed by atoms with E-state index in [1.807, 2.05) is 24.3 Å². The lowest BCUT2D eigenvalue weighted by atomic mass is 9.87. The number of ether oxygens (including phenoxy) is 1. The van der Waals surface area contributed by atoms with Gasteiger partial charge >= 0.3 is 11.8 Å². The molecule has 2 aromatic carbocycles. The van der Waals surface area contributed by atoms with Crippen LogP contribution in [0.3, 0.4) is 0 Å². The summed E-state index contributed by atoms with van der Waals surface area (Å²) < 4.78 is 23.4. The zero-order valence-electron chi connectivity index (χ0n) is 18.1. The van der Waals surface area contributed by atoms with Gasteiger partial charge in [-0.25, -0.2) is 4.39 Å². The van der Waals surface area contributed by atoms with E-state index in [0.717, 1.165) is 0 Å². The fraction of sp³-hybridized carbons (Fsp3) is 0.304. The number of aromatic nitrogens is 2. The molecule has 1 heterocycles. The number of halogens is 1. The van der Waals surface area contributed by atoms with Crippen LogP contribution in [-0.4, -0.2) is 41.7 Å². The summed E-state index contributed by atoms with van der Waals surface area (Å²) in [6, 6.07) is 13.1. The fourth-order valence-electron chi connectivity index (χ4n) is 2.74. The summed E-state index contributed by atoms with van der Waals surface area (Å²) in [5.41, 5.74) is 1.75. The average molecular weight is 440 g/mol. The Labute approximate surface area is 185 Å². The molecule has 32 heavy (non-hydrogen) atoms. The maximum atomic E-state index is 13.0. The molecule has 168 valence electrons. The maximum Gasteiger partial charge on any atom is 0.316 e. The molecule has 0 unspecified atom stereocenters. The Morgan fingerprint density at radius 2 is 1.66 bits per heavy atom. The second kappa shape index (κ2) is 10.0. The molecule has 2 N–H and O–H groups in total. The van der Waals surface area contributed by atoms with Gasteiger partial charge in [0.05, 0.1) is 0 Å². The third-order valence-electron chi connectivity index (χ3n) is 4.55. The number of benzene rings is 2. The third kappa shape index (κ3) is 6.37. The molecular weight excluding hydrogens is 415 g/mol. The van der Waals surface area contributed by atoms with Crippen LogP contribution in [0.25, 0.3) is 11.4 Å².